The van der Waals surface area contributed by atoms with Crippen LogP contribution in [0.1, 0.15) is 10.4 Å². The zero-order valence-electron chi connectivity index (χ0n) is 12.5. The number of rotatable bonds is 4. The Morgan fingerprint density at radius 2 is 2.26 bits per heavy atom. The lowest BCUT2D eigenvalue weighted by atomic mass is 10.2. The number of amides is 1. The van der Waals surface area contributed by atoms with Gasteiger partial charge in [-0.25, -0.2) is 9.50 Å². The molecule has 0 radical (unpaired) electrons. The van der Waals surface area contributed by atoms with Crippen LogP contribution in [0.15, 0.2) is 47.8 Å². The van der Waals surface area contributed by atoms with Gasteiger partial charge in [-0.1, -0.05) is 0 Å². The van der Waals surface area contributed by atoms with E-state index in [0.717, 1.165) is 0 Å². The third-order valence-corrected chi connectivity index (χ3v) is 4.19. The number of carbonyl (C=O) groups is 1. The number of nitrogens with zero attached hydrogens (tertiary/aromatic N) is 3. The molecule has 2 heterocycles. The fraction of sp³-hybridized carbons (Fsp3) is 0.133. The van der Waals surface area contributed by atoms with E-state index >= 15 is 0 Å². The molecular weight excluding hydrogens is 316 g/mol. The molecule has 1 aromatic carbocycles. The van der Waals surface area contributed by atoms with Crippen molar-refractivity contribution in [2.24, 2.45) is 0 Å². The van der Waals surface area contributed by atoms with Crippen LogP contribution in [0.2, 0.25) is 0 Å². The van der Waals surface area contributed by atoms with Crippen molar-refractivity contribution < 1.29 is 14.1 Å². The number of fused-ring (bicyclic) bond motifs is 1. The molecule has 23 heavy (non-hydrogen) atoms. The minimum atomic E-state index is -1.13. The highest BCUT2D eigenvalue weighted by Gasteiger charge is 2.17. The Morgan fingerprint density at radius 3 is 3.00 bits per heavy atom. The monoisotopic (exact) mass is 330 g/mol. The standard InChI is InChI=1S/C15H14N4O3S/c1-22-13-8-10(23(2)21)4-5-12(13)18-15(20)11-9-17-19-7-3-6-16-14(11)19/h3-9H,1-2H3,(H,18,20). The highest BCUT2D eigenvalue weighted by atomic mass is 32.2. The molecule has 0 saturated carbocycles. The quantitative estimate of drug-likeness (QED) is 0.736. The van der Waals surface area contributed by atoms with Crippen LogP contribution < -0.4 is 10.1 Å². The largest absolute Gasteiger partial charge is 0.612 e. The number of carbonyl (C=O) groups excluding carboxylic acids is 1. The SMILES string of the molecule is COc1cc([S+](C)[O-])ccc1NC(=O)c1cnn2cccnc12. The molecule has 0 bridgehead atoms. The second kappa shape index (κ2) is 6.27. The Hall–Kier alpha value is -2.58. The van der Waals surface area contributed by atoms with E-state index in [1.165, 1.54) is 17.8 Å². The second-order valence-electron chi connectivity index (χ2n) is 4.72. The molecule has 1 atom stereocenters. The van der Waals surface area contributed by atoms with E-state index < -0.39 is 11.2 Å². The lowest BCUT2D eigenvalue weighted by molar-refractivity contribution is 0.102. The zero-order valence-corrected chi connectivity index (χ0v) is 13.3. The van der Waals surface area contributed by atoms with Crippen LogP contribution in [0.5, 0.6) is 5.75 Å². The number of ether oxygens (including phenoxy) is 1. The van der Waals surface area contributed by atoms with Crippen LogP contribution >= 0.6 is 0 Å². The van der Waals surface area contributed by atoms with E-state index in [0.29, 0.717) is 27.5 Å². The van der Waals surface area contributed by atoms with E-state index in [-0.39, 0.29) is 5.91 Å². The van der Waals surface area contributed by atoms with Crippen molar-refractivity contribution in [1.29, 1.82) is 0 Å². The summed E-state index contributed by atoms with van der Waals surface area (Å²) in [6.45, 7) is 0. The van der Waals surface area contributed by atoms with Crippen molar-refractivity contribution in [3.8, 4) is 5.75 Å². The Balaban J connectivity index is 1.91. The van der Waals surface area contributed by atoms with Gasteiger partial charge in [-0.2, -0.15) is 5.10 Å². The highest BCUT2D eigenvalue weighted by Crippen LogP contribution is 2.28. The molecule has 0 aliphatic heterocycles. The van der Waals surface area contributed by atoms with E-state index in [2.05, 4.69) is 15.4 Å². The Kier molecular flexibility index (Phi) is 4.18. The molecule has 0 spiro atoms. The molecule has 1 amide bonds. The first-order valence-electron chi connectivity index (χ1n) is 6.71. The van der Waals surface area contributed by atoms with Gasteiger partial charge in [0, 0.05) is 18.5 Å². The summed E-state index contributed by atoms with van der Waals surface area (Å²) >= 11 is -1.13. The van der Waals surface area contributed by atoms with E-state index in [4.69, 9.17) is 4.74 Å². The molecule has 8 heteroatoms. The fourth-order valence-electron chi connectivity index (χ4n) is 2.13. The number of methoxy groups -OCH3 is 1. The number of nitrogens with one attached hydrogen (secondary N) is 1. The van der Waals surface area contributed by atoms with Crippen molar-refractivity contribution in [2.75, 3.05) is 18.7 Å². The van der Waals surface area contributed by atoms with Crippen LogP contribution in [0, 0.1) is 0 Å². The van der Waals surface area contributed by atoms with Crippen molar-refractivity contribution in [3.05, 3.63) is 48.4 Å². The van der Waals surface area contributed by atoms with Gasteiger partial charge < -0.3 is 14.6 Å². The number of hydrogen-bond donors (Lipinski definition) is 1. The van der Waals surface area contributed by atoms with Gasteiger partial charge in [0.25, 0.3) is 5.91 Å². The van der Waals surface area contributed by atoms with Crippen LogP contribution in [0.25, 0.3) is 5.65 Å². The molecule has 0 aliphatic rings. The Bertz CT molecular complexity index is 863. The minimum Gasteiger partial charge on any atom is -0.612 e. The second-order valence-corrected chi connectivity index (χ2v) is 6.10. The smallest absolute Gasteiger partial charge is 0.261 e. The van der Waals surface area contributed by atoms with Gasteiger partial charge in [-0.3, -0.25) is 4.79 Å². The fourth-order valence-corrected chi connectivity index (χ4v) is 2.66. The van der Waals surface area contributed by atoms with Crippen molar-refractivity contribution >= 4 is 28.4 Å². The molecule has 0 fully saturated rings. The lowest BCUT2D eigenvalue weighted by Crippen LogP contribution is -2.13. The van der Waals surface area contributed by atoms with Crippen molar-refractivity contribution in [1.82, 2.24) is 14.6 Å². The van der Waals surface area contributed by atoms with Gasteiger partial charge in [0.05, 0.1) is 19.0 Å². The topological polar surface area (TPSA) is 91.6 Å². The lowest BCUT2D eigenvalue weighted by Gasteiger charge is -2.11. The van der Waals surface area contributed by atoms with Gasteiger partial charge in [0.15, 0.2) is 10.5 Å². The predicted molar refractivity (Wildman–Crippen MR) is 86.3 cm³/mol. The maximum absolute atomic E-state index is 12.5. The van der Waals surface area contributed by atoms with Gasteiger partial charge in [-0.15, -0.1) is 0 Å². The number of aromatic nitrogens is 3. The summed E-state index contributed by atoms with van der Waals surface area (Å²) in [5, 5.41) is 6.85. The molecule has 0 saturated heterocycles. The van der Waals surface area contributed by atoms with Crippen molar-refractivity contribution in [2.45, 2.75) is 4.90 Å². The van der Waals surface area contributed by atoms with Crippen LogP contribution in [-0.4, -0.2) is 38.4 Å². The first kappa shape index (κ1) is 15.3. The summed E-state index contributed by atoms with van der Waals surface area (Å²) < 4.78 is 18.3. The molecule has 1 N–H and O–H groups in total. The van der Waals surface area contributed by atoms with Gasteiger partial charge in [0.2, 0.25) is 0 Å². The Labute approximate surface area is 135 Å². The predicted octanol–water partition coefficient (Wildman–Crippen LogP) is 1.73. The number of hydrogen-bond acceptors (Lipinski definition) is 5. The van der Waals surface area contributed by atoms with E-state index in [1.807, 2.05) is 0 Å². The average molecular weight is 330 g/mol. The zero-order chi connectivity index (χ0) is 16.4. The first-order chi connectivity index (χ1) is 11.1. The van der Waals surface area contributed by atoms with Crippen LogP contribution in [0.3, 0.4) is 0 Å². The summed E-state index contributed by atoms with van der Waals surface area (Å²) in [7, 11) is 1.49. The number of anilines is 1. The molecule has 7 nitrogen and oxygen atoms in total. The summed E-state index contributed by atoms with van der Waals surface area (Å²) in [5.41, 5.74) is 1.31. The minimum absolute atomic E-state index is 0.345. The van der Waals surface area contributed by atoms with E-state index in [1.54, 1.807) is 42.9 Å². The normalized spacial score (nSPS) is 12.1. The summed E-state index contributed by atoms with van der Waals surface area (Å²) in [6.07, 6.45) is 6.35. The molecule has 1 unspecified atom stereocenters. The molecule has 2 aromatic heterocycles. The summed E-state index contributed by atoms with van der Waals surface area (Å²) in [5.74, 6) is 0.0952. The maximum Gasteiger partial charge on any atom is 0.261 e. The van der Waals surface area contributed by atoms with Gasteiger partial charge in [-0.05, 0) is 29.4 Å². The maximum atomic E-state index is 12.5. The van der Waals surface area contributed by atoms with Gasteiger partial charge >= 0.3 is 0 Å². The van der Waals surface area contributed by atoms with Crippen LogP contribution in [0.4, 0.5) is 5.69 Å². The molecule has 118 valence electrons. The van der Waals surface area contributed by atoms with Crippen molar-refractivity contribution in [3.63, 3.8) is 0 Å². The Morgan fingerprint density at radius 1 is 1.43 bits per heavy atom. The van der Waals surface area contributed by atoms with Gasteiger partial charge in [0.1, 0.15) is 17.6 Å². The molecule has 3 rings (SSSR count). The average Bonchev–Trinajstić information content (AvgIpc) is 2.99. The molecule has 0 aliphatic carbocycles. The highest BCUT2D eigenvalue weighted by molar-refractivity contribution is 7.90. The first-order valence-corrected chi connectivity index (χ1v) is 8.27. The molecular formula is C15H14N4O3S. The summed E-state index contributed by atoms with van der Waals surface area (Å²) in [4.78, 5) is 17.2. The molecule has 3 aromatic rings. The van der Waals surface area contributed by atoms with E-state index in [9.17, 15) is 9.35 Å². The number of benzene rings is 1. The van der Waals surface area contributed by atoms with Crippen LogP contribution in [-0.2, 0) is 11.2 Å². The third kappa shape index (κ3) is 2.99. The third-order valence-electron chi connectivity index (χ3n) is 3.28. The summed E-state index contributed by atoms with van der Waals surface area (Å²) in [6, 6.07) is 6.71.